The van der Waals surface area contributed by atoms with E-state index < -0.39 is 5.97 Å². The molecule has 0 unspecified atom stereocenters. The number of aliphatic carboxylic acids is 1. The van der Waals surface area contributed by atoms with E-state index in [1.54, 1.807) is 11.8 Å². The Labute approximate surface area is 111 Å². The highest BCUT2D eigenvalue weighted by Gasteiger charge is 2.44. The van der Waals surface area contributed by atoms with Crippen LogP contribution in [0.1, 0.15) is 36.9 Å². The maximum absolute atomic E-state index is 10.8. The lowest BCUT2D eigenvalue weighted by molar-refractivity contribution is -0.138. The van der Waals surface area contributed by atoms with Gasteiger partial charge in [-0.15, -0.1) is 11.8 Å². The fourth-order valence-corrected chi connectivity index (χ4v) is 3.76. The molecule has 96 valence electrons. The third-order valence-corrected chi connectivity index (χ3v) is 5.19. The van der Waals surface area contributed by atoms with Crippen molar-refractivity contribution in [1.82, 2.24) is 4.98 Å². The van der Waals surface area contributed by atoms with Gasteiger partial charge in [0.05, 0.1) is 11.4 Å². The molecule has 0 radical (unpaired) electrons. The normalized spacial score (nSPS) is 19.6. The van der Waals surface area contributed by atoms with E-state index in [1.807, 2.05) is 0 Å². The van der Waals surface area contributed by atoms with Crippen molar-refractivity contribution >= 4 is 17.7 Å². The molecule has 1 saturated carbocycles. The Morgan fingerprint density at radius 1 is 1.39 bits per heavy atom. The second kappa shape index (κ2) is 4.57. The number of nitrogens with zero attached hydrogens (tertiary/aromatic N) is 1. The molecule has 0 aromatic carbocycles. The van der Waals surface area contributed by atoms with Crippen molar-refractivity contribution in [3.8, 4) is 0 Å². The Morgan fingerprint density at radius 3 is 2.94 bits per heavy atom. The molecule has 3 rings (SSSR count). The number of carboxylic acids is 1. The molecule has 1 heterocycles. The zero-order chi connectivity index (χ0) is 12.6. The first-order chi connectivity index (χ1) is 8.67. The lowest BCUT2D eigenvalue weighted by Crippen LogP contribution is -2.11. The molecule has 0 atom stereocenters. The zero-order valence-electron chi connectivity index (χ0n) is 10.3. The molecule has 2 aliphatic rings. The molecule has 18 heavy (non-hydrogen) atoms. The van der Waals surface area contributed by atoms with Gasteiger partial charge in [0, 0.05) is 11.4 Å². The summed E-state index contributed by atoms with van der Waals surface area (Å²) in [5.41, 5.74) is 2.70. The highest BCUT2D eigenvalue weighted by molar-refractivity contribution is 7.99. The predicted octanol–water partition coefficient (Wildman–Crippen LogP) is 2.92. The van der Waals surface area contributed by atoms with Crippen LogP contribution < -0.4 is 0 Å². The minimum atomic E-state index is -0.671. The molecule has 1 aromatic heterocycles. The molecule has 1 fully saturated rings. The van der Waals surface area contributed by atoms with E-state index in [0.29, 0.717) is 6.42 Å². The van der Waals surface area contributed by atoms with Gasteiger partial charge in [0.15, 0.2) is 0 Å². The van der Waals surface area contributed by atoms with Crippen molar-refractivity contribution in [1.29, 1.82) is 0 Å². The summed E-state index contributed by atoms with van der Waals surface area (Å²) in [5.74, 6) is 0.223. The smallest absolute Gasteiger partial charge is 0.303 e. The standard InChI is InChI=1S/C14H17NO2S/c16-13(17)8-14(6-7-14)9-18-12-5-4-10-2-1-3-11(10)15-12/h4-5H,1-3,6-9H2,(H,16,17). The fraction of sp³-hybridized carbons (Fsp3) is 0.571. The first kappa shape index (κ1) is 12.0. The van der Waals surface area contributed by atoms with Gasteiger partial charge in [0.2, 0.25) is 0 Å². The lowest BCUT2D eigenvalue weighted by Gasteiger charge is -2.11. The van der Waals surface area contributed by atoms with Gasteiger partial charge in [-0.25, -0.2) is 4.98 Å². The van der Waals surface area contributed by atoms with Crippen molar-refractivity contribution in [3.05, 3.63) is 23.4 Å². The monoisotopic (exact) mass is 263 g/mol. The van der Waals surface area contributed by atoms with E-state index in [2.05, 4.69) is 17.1 Å². The van der Waals surface area contributed by atoms with Crippen LogP contribution in [-0.2, 0) is 17.6 Å². The van der Waals surface area contributed by atoms with Gasteiger partial charge >= 0.3 is 5.97 Å². The highest BCUT2D eigenvalue weighted by Crippen LogP contribution is 2.51. The maximum Gasteiger partial charge on any atom is 0.303 e. The number of carbonyl (C=O) groups is 1. The number of hydrogen-bond acceptors (Lipinski definition) is 3. The minimum Gasteiger partial charge on any atom is -0.481 e. The molecule has 4 heteroatoms. The molecule has 3 nitrogen and oxygen atoms in total. The molecule has 0 amide bonds. The summed E-state index contributed by atoms with van der Waals surface area (Å²) >= 11 is 1.72. The van der Waals surface area contributed by atoms with Gasteiger partial charge < -0.3 is 5.11 Å². The lowest BCUT2D eigenvalue weighted by atomic mass is 10.1. The van der Waals surface area contributed by atoms with E-state index in [9.17, 15) is 4.79 Å². The van der Waals surface area contributed by atoms with Gasteiger partial charge in [0.25, 0.3) is 0 Å². The first-order valence-corrected chi connectivity index (χ1v) is 7.49. The maximum atomic E-state index is 10.8. The number of aryl methyl sites for hydroxylation is 2. The first-order valence-electron chi connectivity index (χ1n) is 6.50. The van der Waals surface area contributed by atoms with E-state index in [-0.39, 0.29) is 5.41 Å². The number of pyridine rings is 1. The van der Waals surface area contributed by atoms with Crippen molar-refractivity contribution in [2.75, 3.05) is 5.75 Å². The Balaban J connectivity index is 1.62. The predicted molar refractivity (Wildman–Crippen MR) is 70.9 cm³/mol. The van der Waals surface area contributed by atoms with Crippen molar-refractivity contribution in [2.24, 2.45) is 5.41 Å². The summed E-state index contributed by atoms with van der Waals surface area (Å²) in [6.45, 7) is 0. The number of fused-ring (bicyclic) bond motifs is 1. The summed E-state index contributed by atoms with van der Waals surface area (Å²) in [6, 6.07) is 4.28. The number of rotatable bonds is 5. The van der Waals surface area contributed by atoms with E-state index in [1.165, 1.54) is 17.7 Å². The van der Waals surface area contributed by atoms with E-state index >= 15 is 0 Å². The Kier molecular flexibility index (Phi) is 3.06. The molecule has 0 saturated heterocycles. The minimum absolute atomic E-state index is 0.0528. The van der Waals surface area contributed by atoms with Crippen LogP contribution in [0.4, 0.5) is 0 Å². The van der Waals surface area contributed by atoms with E-state index in [0.717, 1.165) is 36.5 Å². The van der Waals surface area contributed by atoms with Gasteiger partial charge in [-0.3, -0.25) is 4.79 Å². The second-order valence-electron chi connectivity index (χ2n) is 5.47. The van der Waals surface area contributed by atoms with Gasteiger partial charge in [-0.2, -0.15) is 0 Å². The Morgan fingerprint density at radius 2 is 2.22 bits per heavy atom. The van der Waals surface area contributed by atoms with Crippen LogP contribution in [-0.4, -0.2) is 21.8 Å². The summed E-state index contributed by atoms with van der Waals surface area (Å²) in [6.07, 6.45) is 5.90. The third kappa shape index (κ3) is 2.53. The molecule has 0 bridgehead atoms. The van der Waals surface area contributed by atoms with Crippen LogP contribution in [0, 0.1) is 5.41 Å². The van der Waals surface area contributed by atoms with Crippen molar-refractivity contribution in [2.45, 2.75) is 43.6 Å². The SMILES string of the molecule is O=C(O)CC1(CSc2ccc3c(n2)CCC3)CC1. The largest absolute Gasteiger partial charge is 0.481 e. The molecular formula is C14H17NO2S. The van der Waals surface area contributed by atoms with Crippen LogP contribution in [0.5, 0.6) is 0 Å². The average Bonchev–Trinajstić information content (AvgIpc) is 2.92. The number of thioether (sulfide) groups is 1. The molecule has 1 N–H and O–H groups in total. The van der Waals surface area contributed by atoms with Crippen LogP contribution in [0.15, 0.2) is 17.2 Å². The number of hydrogen-bond donors (Lipinski definition) is 1. The highest BCUT2D eigenvalue weighted by atomic mass is 32.2. The Bertz CT molecular complexity index is 483. The van der Waals surface area contributed by atoms with Crippen LogP contribution in [0.3, 0.4) is 0 Å². The van der Waals surface area contributed by atoms with Crippen molar-refractivity contribution in [3.63, 3.8) is 0 Å². The number of aromatic nitrogens is 1. The summed E-state index contributed by atoms with van der Waals surface area (Å²) in [7, 11) is 0. The zero-order valence-corrected chi connectivity index (χ0v) is 11.1. The van der Waals surface area contributed by atoms with Crippen molar-refractivity contribution < 1.29 is 9.90 Å². The molecular weight excluding hydrogens is 246 g/mol. The topological polar surface area (TPSA) is 50.2 Å². The fourth-order valence-electron chi connectivity index (χ4n) is 2.58. The van der Waals surface area contributed by atoms with Gasteiger partial charge in [0.1, 0.15) is 0 Å². The molecule has 0 spiro atoms. The average molecular weight is 263 g/mol. The van der Waals surface area contributed by atoms with Crippen LogP contribution in [0.2, 0.25) is 0 Å². The second-order valence-corrected chi connectivity index (χ2v) is 6.46. The van der Waals surface area contributed by atoms with E-state index in [4.69, 9.17) is 5.11 Å². The van der Waals surface area contributed by atoms with Gasteiger partial charge in [-0.1, -0.05) is 6.07 Å². The molecule has 1 aromatic rings. The summed E-state index contributed by atoms with van der Waals surface area (Å²) in [5, 5.41) is 9.95. The quantitative estimate of drug-likeness (QED) is 0.830. The number of carboxylic acid groups (broad SMARTS) is 1. The summed E-state index contributed by atoms with van der Waals surface area (Å²) < 4.78 is 0. The molecule has 0 aliphatic heterocycles. The van der Waals surface area contributed by atoms with Gasteiger partial charge in [-0.05, 0) is 49.1 Å². The summed E-state index contributed by atoms with van der Waals surface area (Å²) in [4.78, 5) is 15.5. The van der Waals surface area contributed by atoms with Crippen LogP contribution in [0.25, 0.3) is 0 Å². The van der Waals surface area contributed by atoms with Crippen LogP contribution >= 0.6 is 11.8 Å². The third-order valence-electron chi connectivity index (χ3n) is 3.91. The Hall–Kier alpha value is -1.03. The molecule has 2 aliphatic carbocycles.